The highest BCUT2D eigenvalue weighted by atomic mass is 16.4. The summed E-state index contributed by atoms with van der Waals surface area (Å²) < 4.78 is 0. The number of amides is 1. The Balaban J connectivity index is 1.53. The monoisotopic (exact) mass is 457 g/mol. The number of carbonyl (C=O) groups is 3. The largest absolute Gasteiger partial charge is 0.480 e. The van der Waals surface area contributed by atoms with Gasteiger partial charge in [0.05, 0.1) is 23.2 Å². The van der Waals surface area contributed by atoms with E-state index in [0.717, 1.165) is 11.1 Å². The van der Waals surface area contributed by atoms with Gasteiger partial charge < -0.3 is 10.2 Å². The van der Waals surface area contributed by atoms with E-state index < -0.39 is 17.4 Å². The Bertz CT molecular complexity index is 1270. The molecule has 2 aliphatic rings. The van der Waals surface area contributed by atoms with Crippen molar-refractivity contribution in [2.24, 2.45) is 0 Å². The highest BCUT2D eigenvalue weighted by molar-refractivity contribution is 6.12. The van der Waals surface area contributed by atoms with Gasteiger partial charge in [-0.15, -0.1) is 0 Å². The zero-order valence-corrected chi connectivity index (χ0v) is 18.3. The molecule has 0 aliphatic carbocycles. The molecule has 0 bridgehead atoms. The maximum atomic E-state index is 13.9. The van der Waals surface area contributed by atoms with Crippen LogP contribution in [-0.4, -0.2) is 57.6 Å². The fourth-order valence-corrected chi connectivity index (χ4v) is 4.97. The Morgan fingerprint density at radius 1 is 0.941 bits per heavy atom. The number of rotatable bonds is 5. The predicted octanol–water partition coefficient (Wildman–Crippen LogP) is 3.54. The Morgan fingerprint density at radius 3 is 2.21 bits per heavy atom. The number of nitrogens with zero attached hydrogens (tertiary/aromatic N) is 3. The summed E-state index contributed by atoms with van der Waals surface area (Å²) >= 11 is 0. The Labute approximate surface area is 196 Å². The van der Waals surface area contributed by atoms with E-state index in [1.807, 2.05) is 54.6 Å². The number of likely N-dealkylation sites (tertiary alicyclic amines) is 1. The lowest BCUT2D eigenvalue weighted by Gasteiger charge is -2.37. The quantitative estimate of drug-likeness (QED) is 0.603. The van der Waals surface area contributed by atoms with Crippen molar-refractivity contribution >= 4 is 29.4 Å². The Morgan fingerprint density at radius 2 is 1.59 bits per heavy atom. The molecule has 172 valence electrons. The minimum Gasteiger partial charge on any atom is -0.480 e. The molecule has 8 nitrogen and oxygen atoms in total. The topological polar surface area (TPSA) is 111 Å². The summed E-state index contributed by atoms with van der Waals surface area (Å²) in [5.41, 5.74) is 2.43. The SMILES string of the molecule is O=C(O)CN1CCC2(CC1)C(=O)N(c1ccc(-c3ccccc3)cc1)c1ncc(C(=O)O)cc12. The molecule has 2 N–H and O–H groups in total. The van der Waals surface area contributed by atoms with Gasteiger partial charge in [0.1, 0.15) is 5.82 Å². The van der Waals surface area contributed by atoms with Gasteiger partial charge >= 0.3 is 11.9 Å². The van der Waals surface area contributed by atoms with Gasteiger partial charge in [0.25, 0.3) is 0 Å². The standard InChI is InChI=1S/C26H23N3O5/c30-22(31)16-28-12-10-26(11-13-28)21-14-19(24(32)33)15-27-23(21)29(25(26)34)20-8-6-18(7-9-20)17-4-2-1-3-5-17/h1-9,14-15H,10-13,16H2,(H,30,31)(H,32,33). The van der Waals surface area contributed by atoms with Crippen LogP contribution in [0.1, 0.15) is 28.8 Å². The van der Waals surface area contributed by atoms with Crippen LogP contribution in [0.3, 0.4) is 0 Å². The number of carboxylic acids is 2. The molecule has 5 rings (SSSR count). The average molecular weight is 457 g/mol. The summed E-state index contributed by atoms with van der Waals surface area (Å²) in [6.07, 6.45) is 2.07. The minimum atomic E-state index is -1.10. The molecule has 1 aromatic heterocycles. The van der Waals surface area contributed by atoms with E-state index in [2.05, 4.69) is 4.98 Å². The minimum absolute atomic E-state index is 0.0279. The van der Waals surface area contributed by atoms with Crippen LogP contribution in [0.2, 0.25) is 0 Å². The Hall–Kier alpha value is -4.04. The number of carbonyl (C=O) groups excluding carboxylic acids is 1. The average Bonchev–Trinajstić information content (AvgIpc) is 3.08. The molecule has 0 atom stereocenters. The van der Waals surface area contributed by atoms with E-state index >= 15 is 0 Å². The van der Waals surface area contributed by atoms with Crippen molar-refractivity contribution in [2.75, 3.05) is 24.5 Å². The van der Waals surface area contributed by atoms with Gasteiger partial charge in [-0.3, -0.25) is 19.4 Å². The highest BCUT2D eigenvalue weighted by Crippen LogP contribution is 2.50. The van der Waals surface area contributed by atoms with Crippen molar-refractivity contribution in [3.8, 4) is 11.1 Å². The third-order valence-corrected chi connectivity index (χ3v) is 6.75. The number of hydrogen-bond acceptors (Lipinski definition) is 5. The molecule has 1 amide bonds. The van der Waals surface area contributed by atoms with Crippen molar-refractivity contribution in [2.45, 2.75) is 18.3 Å². The van der Waals surface area contributed by atoms with E-state index in [4.69, 9.17) is 5.11 Å². The van der Waals surface area contributed by atoms with Crippen LogP contribution in [0, 0.1) is 0 Å². The van der Waals surface area contributed by atoms with Crippen molar-refractivity contribution < 1.29 is 24.6 Å². The number of aromatic nitrogens is 1. The van der Waals surface area contributed by atoms with Gasteiger partial charge in [0.15, 0.2) is 0 Å². The van der Waals surface area contributed by atoms with E-state index in [1.54, 1.807) is 15.9 Å². The van der Waals surface area contributed by atoms with Gasteiger partial charge in [-0.1, -0.05) is 42.5 Å². The van der Waals surface area contributed by atoms with Gasteiger partial charge in [-0.05, 0) is 42.2 Å². The van der Waals surface area contributed by atoms with Crippen LogP contribution in [0.15, 0.2) is 66.9 Å². The molecule has 34 heavy (non-hydrogen) atoms. The number of piperidine rings is 1. The summed E-state index contributed by atoms with van der Waals surface area (Å²) in [6, 6.07) is 19.1. The van der Waals surface area contributed by atoms with Gasteiger partial charge in [-0.25, -0.2) is 9.78 Å². The first-order chi connectivity index (χ1) is 16.4. The third-order valence-electron chi connectivity index (χ3n) is 6.75. The molecule has 0 radical (unpaired) electrons. The predicted molar refractivity (Wildman–Crippen MR) is 125 cm³/mol. The molecule has 3 heterocycles. The highest BCUT2D eigenvalue weighted by Gasteiger charge is 2.53. The fraction of sp³-hybridized carbons (Fsp3) is 0.231. The molecular formula is C26H23N3O5. The number of pyridine rings is 1. The molecule has 2 aromatic carbocycles. The molecule has 0 unspecified atom stereocenters. The maximum Gasteiger partial charge on any atom is 0.337 e. The van der Waals surface area contributed by atoms with Crippen LogP contribution in [0.5, 0.6) is 0 Å². The number of aromatic carboxylic acids is 1. The number of aliphatic carboxylic acids is 1. The second kappa shape index (κ2) is 8.39. The summed E-state index contributed by atoms with van der Waals surface area (Å²) in [6.45, 7) is 0.764. The smallest absolute Gasteiger partial charge is 0.337 e. The molecular weight excluding hydrogens is 434 g/mol. The fourth-order valence-electron chi connectivity index (χ4n) is 4.97. The van der Waals surface area contributed by atoms with Crippen LogP contribution in [0.4, 0.5) is 11.5 Å². The lowest BCUT2D eigenvalue weighted by molar-refractivity contribution is -0.138. The maximum absolute atomic E-state index is 13.9. The second-order valence-corrected chi connectivity index (χ2v) is 8.71. The molecule has 2 aliphatic heterocycles. The lowest BCUT2D eigenvalue weighted by atomic mass is 9.73. The molecule has 1 fully saturated rings. The van der Waals surface area contributed by atoms with E-state index in [-0.39, 0.29) is 18.0 Å². The normalized spacial score (nSPS) is 17.1. The second-order valence-electron chi connectivity index (χ2n) is 8.71. The van der Waals surface area contributed by atoms with Gasteiger partial charge in [0, 0.05) is 24.8 Å². The number of carboxylic acid groups (broad SMARTS) is 2. The summed E-state index contributed by atoms with van der Waals surface area (Å²) in [5, 5.41) is 18.7. The van der Waals surface area contributed by atoms with Gasteiger partial charge in [-0.2, -0.15) is 0 Å². The Kier molecular flexibility index (Phi) is 5.37. The number of hydrogen-bond donors (Lipinski definition) is 2. The van der Waals surface area contributed by atoms with E-state index in [9.17, 15) is 19.5 Å². The van der Waals surface area contributed by atoms with Crippen LogP contribution in [0.25, 0.3) is 11.1 Å². The lowest BCUT2D eigenvalue weighted by Crippen LogP contribution is -2.49. The first kappa shape index (κ1) is 21.8. The summed E-state index contributed by atoms with van der Waals surface area (Å²) in [4.78, 5) is 44.5. The van der Waals surface area contributed by atoms with Crippen molar-refractivity contribution in [1.82, 2.24) is 9.88 Å². The van der Waals surface area contributed by atoms with Gasteiger partial charge in [0.2, 0.25) is 5.91 Å². The number of fused-ring (bicyclic) bond motifs is 2. The first-order valence-electron chi connectivity index (χ1n) is 11.1. The zero-order valence-electron chi connectivity index (χ0n) is 18.3. The third kappa shape index (κ3) is 3.62. The molecule has 3 aromatic rings. The van der Waals surface area contributed by atoms with Crippen molar-refractivity contribution in [1.29, 1.82) is 0 Å². The van der Waals surface area contributed by atoms with E-state index in [0.29, 0.717) is 43.0 Å². The van der Waals surface area contributed by atoms with Crippen molar-refractivity contribution in [3.05, 3.63) is 78.0 Å². The summed E-state index contributed by atoms with van der Waals surface area (Å²) in [7, 11) is 0. The molecule has 0 saturated carbocycles. The molecule has 8 heteroatoms. The molecule has 1 saturated heterocycles. The molecule has 1 spiro atoms. The van der Waals surface area contributed by atoms with Crippen LogP contribution in [-0.2, 0) is 15.0 Å². The first-order valence-corrected chi connectivity index (χ1v) is 11.1. The summed E-state index contributed by atoms with van der Waals surface area (Å²) in [5.74, 6) is -1.73. The van der Waals surface area contributed by atoms with Crippen LogP contribution < -0.4 is 4.90 Å². The number of benzene rings is 2. The van der Waals surface area contributed by atoms with Crippen molar-refractivity contribution in [3.63, 3.8) is 0 Å². The van der Waals surface area contributed by atoms with E-state index in [1.165, 1.54) is 6.20 Å². The zero-order chi connectivity index (χ0) is 23.9. The van der Waals surface area contributed by atoms with Crippen LogP contribution >= 0.6 is 0 Å². The number of anilines is 2.